The Kier molecular flexibility index (Phi) is 7.17. The van der Waals surface area contributed by atoms with Crippen molar-refractivity contribution in [3.05, 3.63) is 67.6 Å². The van der Waals surface area contributed by atoms with Crippen molar-refractivity contribution in [2.24, 2.45) is 5.41 Å². The Hall–Kier alpha value is -2.99. The van der Waals surface area contributed by atoms with Crippen molar-refractivity contribution in [1.29, 1.82) is 0 Å². The Bertz CT molecular complexity index is 1380. The maximum atomic E-state index is 13.4. The van der Waals surface area contributed by atoms with Gasteiger partial charge in [-0.2, -0.15) is 0 Å². The molecule has 4 rings (SSSR count). The van der Waals surface area contributed by atoms with E-state index in [2.05, 4.69) is 5.32 Å². The minimum atomic E-state index is -0.575. The van der Waals surface area contributed by atoms with Crippen molar-refractivity contribution in [3.63, 3.8) is 0 Å². The number of carbonyl (C=O) groups excluding carboxylic acids is 2. The van der Waals surface area contributed by atoms with Gasteiger partial charge < -0.3 is 5.32 Å². The van der Waals surface area contributed by atoms with Crippen LogP contribution in [0.4, 0.5) is 0 Å². The maximum absolute atomic E-state index is 13.4. The van der Waals surface area contributed by atoms with Gasteiger partial charge in [0.1, 0.15) is 11.2 Å². The predicted molar refractivity (Wildman–Crippen MR) is 139 cm³/mol. The highest BCUT2D eigenvalue weighted by atomic mass is 32.1. The molecular weight excluding hydrogens is 444 g/mol. The first-order chi connectivity index (χ1) is 16.2. The average molecular weight is 477 g/mol. The SMILES string of the molecule is CC(C)(C)C(=O)/C=c1\s/c(=C\c2cccc3ccccc23)c(=O)n1CC(=O)NC1CCCCC1. The first kappa shape index (κ1) is 24.1. The third-order valence-corrected chi connectivity index (χ3v) is 7.37. The van der Waals surface area contributed by atoms with Gasteiger partial charge in [-0.1, -0.05) is 82.5 Å². The number of thiazole rings is 1. The number of rotatable bonds is 5. The lowest BCUT2D eigenvalue weighted by Crippen LogP contribution is -2.42. The van der Waals surface area contributed by atoms with Gasteiger partial charge in [0.05, 0.1) is 4.53 Å². The Morgan fingerprint density at radius 3 is 2.50 bits per heavy atom. The van der Waals surface area contributed by atoms with Crippen LogP contribution in [0.5, 0.6) is 0 Å². The Morgan fingerprint density at radius 2 is 1.76 bits per heavy atom. The molecule has 1 saturated carbocycles. The highest BCUT2D eigenvalue weighted by Gasteiger charge is 2.21. The second-order valence-corrected chi connectivity index (χ2v) is 11.1. The van der Waals surface area contributed by atoms with Gasteiger partial charge in [-0.05, 0) is 35.3 Å². The van der Waals surface area contributed by atoms with Gasteiger partial charge in [0.2, 0.25) is 5.91 Å². The van der Waals surface area contributed by atoms with E-state index in [9.17, 15) is 14.4 Å². The molecule has 3 aromatic rings. The van der Waals surface area contributed by atoms with Crippen LogP contribution in [-0.2, 0) is 16.1 Å². The van der Waals surface area contributed by atoms with Crippen LogP contribution in [-0.4, -0.2) is 22.3 Å². The Labute approximate surface area is 203 Å². The number of aromatic nitrogens is 1. The van der Waals surface area contributed by atoms with Gasteiger partial charge in [0, 0.05) is 17.5 Å². The normalized spacial score (nSPS) is 16.2. The molecule has 5 nitrogen and oxygen atoms in total. The number of hydrogen-bond donors (Lipinski definition) is 1. The number of amides is 1. The molecule has 6 heteroatoms. The molecule has 1 aliphatic rings. The zero-order valence-electron chi connectivity index (χ0n) is 20.1. The summed E-state index contributed by atoms with van der Waals surface area (Å²) in [6, 6.07) is 14.2. The van der Waals surface area contributed by atoms with Crippen LogP contribution in [0.1, 0.15) is 58.4 Å². The molecule has 2 aromatic carbocycles. The van der Waals surface area contributed by atoms with Gasteiger partial charge >= 0.3 is 0 Å². The summed E-state index contributed by atoms with van der Waals surface area (Å²) < 4.78 is 2.47. The van der Waals surface area contributed by atoms with Crippen molar-refractivity contribution < 1.29 is 9.59 Å². The fourth-order valence-electron chi connectivity index (χ4n) is 4.30. The molecule has 0 saturated heterocycles. The third kappa shape index (κ3) is 5.55. The second kappa shape index (κ2) is 10.1. The fourth-order valence-corrected chi connectivity index (χ4v) is 5.34. The van der Waals surface area contributed by atoms with E-state index >= 15 is 0 Å². The van der Waals surface area contributed by atoms with Gasteiger partial charge in [0.25, 0.3) is 5.56 Å². The topological polar surface area (TPSA) is 68.2 Å². The zero-order chi connectivity index (χ0) is 24.3. The molecule has 1 aliphatic carbocycles. The number of carbonyl (C=O) groups is 2. The number of fused-ring (bicyclic) bond motifs is 1. The first-order valence-corrected chi connectivity index (χ1v) is 12.8. The maximum Gasteiger partial charge on any atom is 0.269 e. The number of hydrogen-bond acceptors (Lipinski definition) is 4. The minimum Gasteiger partial charge on any atom is -0.352 e. The molecule has 1 amide bonds. The van der Waals surface area contributed by atoms with Crippen LogP contribution in [0.2, 0.25) is 0 Å². The van der Waals surface area contributed by atoms with Crippen LogP contribution in [0.25, 0.3) is 22.9 Å². The molecule has 1 fully saturated rings. The van der Waals surface area contributed by atoms with E-state index in [4.69, 9.17) is 0 Å². The zero-order valence-corrected chi connectivity index (χ0v) is 20.9. The minimum absolute atomic E-state index is 0.0769. The number of ketones is 1. The highest BCUT2D eigenvalue weighted by Crippen LogP contribution is 2.19. The van der Waals surface area contributed by atoms with Crippen molar-refractivity contribution >= 4 is 46.0 Å². The molecule has 1 N–H and O–H groups in total. The second-order valence-electron chi connectivity index (χ2n) is 10.1. The van der Waals surface area contributed by atoms with Crippen LogP contribution in [0, 0.1) is 5.41 Å². The average Bonchev–Trinajstić information content (AvgIpc) is 3.08. The largest absolute Gasteiger partial charge is 0.352 e. The molecule has 1 aromatic heterocycles. The lowest BCUT2D eigenvalue weighted by molar-refractivity contribution is -0.123. The Balaban J connectivity index is 1.77. The molecule has 34 heavy (non-hydrogen) atoms. The first-order valence-electron chi connectivity index (χ1n) is 12.0. The third-order valence-electron chi connectivity index (χ3n) is 6.31. The molecule has 0 bridgehead atoms. The van der Waals surface area contributed by atoms with Gasteiger partial charge in [-0.25, -0.2) is 0 Å². The lowest BCUT2D eigenvalue weighted by Gasteiger charge is -2.22. The molecular formula is C28H32N2O3S. The number of benzene rings is 2. The van der Waals surface area contributed by atoms with E-state index < -0.39 is 5.41 Å². The summed E-state index contributed by atoms with van der Waals surface area (Å²) in [5, 5.41) is 5.23. The van der Waals surface area contributed by atoms with E-state index in [1.54, 1.807) is 0 Å². The summed E-state index contributed by atoms with van der Waals surface area (Å²) in [5.41, 5.74) is 0.114. The summed E-state index contributed by atoms with van der Waals surface area (Å²) >= 11 is 1.26. The van der Waals surface area contributed by atoms with Crippen LogP contribution >= 0.6 is 11.3 Å². The van der Waals surface area contributed by atoms with Crippen molar-refractivity contribution in [1.82, 2.24) is 9.88 Å². The highest BCUT2D eigenvalue weighted by molar-refractivity contribution is 7.07. The number of nitrogens with one attached hydrogen (secondary N) is 1. The molecule has 0 atom stereocenters. The summed E-state index contributed by atoms with van der Waals surface area (Å²) in [7, 11) is 0. The number of nitrogens with zero attached hydrogens (tertiary/aromatic N) is 1. The van der Waals surface area contributed by atoms with Gasteiger partial charge in [0.15, 0.2) is 5.78 Å². The van der Waals surface area contributed by atoms with E-state index in [-0.39, 0.29) is 29.8 Å². The summed E-state index contributed by atoms with van der Waals surface area (Å²) in [6.45, 7) is 5.46. The van der Waals surface area contributed by atoms with E-state index in [0.717, 1.165) is 42.0 Å². The fraction of sp³-hybridized carbons (Fsp3) is 0.393. The van der Waals surface area contributed by atoms with Crippen LogP contribution in [0.3, 0.4) is 0 Å². The molecule has 1 heterocycles. The van der Waals surface area contributed by atoms with Crippen molar-refractivity contribution in [2.75, 3.05) is 0 Å². The summed E-state index contributed by atoms with van der Waals surface area (Å²) in [4.78, 5) is 39.0. The lowest BCUT2D eigenvalue weighted by atomic mass is 9.91. The molecule has 178 valence electrons. The Morgan fingerprint density at radius 1 is 1.06 bits per heavy atom. The smallest absolute Gasteiger partial charge is 0.269 e. The quantitative estimate of drug-likeness (QED) is 0.610. The molecule has 0 aliphatic heterocycles. The van der Waals surface area contributed by atoms with Gasteiger partial charge in [-0.3, -0.25) is 19.0 Å². The standard InChI is InChI=1S/C28H32N2O3S/c1-28(2,3)24(31)17-26-30(18-25(32)29-21-13-5-4-6-14-21)27(33)23(34-26)16-20-12-9-11-19-10-7-8-15-22(19)20/h7-12,15-17,21H,4-6,13-14,18H2,1-3H3,(H,29,32)/b23-16-,26-17-. The van der Waals surface area contributed by atoms with Crippen LogP contribution in [0.15, 0.2) is 47.3 Å². The summed E-state index contributed by atoms with van der Waals surface area (Å²) in [6.07, 6.45) is 8.78. The molecule has 0 unspecified atom stereocenters. The van der Waals surface area contributed by atoms with Gasteiger partial charge in [-0.15, -0.1) is 11.3 Å². The van der Waals surface area contributed by atoms with Crippen molar-refractivity contribution in [3.8, 4) is 0 Å². The van der Waals surface area contributed by atoms with Crippen LogP contribution < -0.4 is 20.1 Å². The number of Topliss-reactive ketones (excluding diaryl/α,β-unsaturated/α-hetero) is 1. The van der Waals surface area contributed by atoms with E-state index in [1.807, 2.05) is 69.3 Å². The predicted octanol–water partition coefficient (Wildman–Crippen LogP) is 3.74. The molecule has 0 spiro atoms. The summed E-state index contributed by atoms with van der Waals surface area (Å²) in [5.74, 6) is -0.256. The monoisotopic (exact) mass is 476 g/mol. The van der Waals surface area contributed by atoms with E-state index in [1.165, 1.54) is 28.4 Å². The van der Waals surface area contributed by atoms with Crippen molar-refractivity contribution in [2.45, 2.75) is 65.5 Å². The van der Waals surface area contributed by atoms with E-state index in [0.29, 0.717) is 9.20 Å². The molecule has 0 radical (unpaired) electrons.